The summed E-state index contributed by atoms with van der Waals surface area (Å²) >= 11 is 0. The molecule has 3 rings (SSSR count). The fourth-order valence-electron chi connectivity index (χ4n) is 7.28. The topological polar surface area (TPSA) is 171 Å². The molecular weight excluding hydrogens is 660 g/mol. The van der Waals surface area contributed by atoms with Gasteiger partial charge in [0.15, 0.2) is 9.84 Å². The molecule has 1 aliphatic heterocycles. The van der Waals surface area contributed by atoms with Crippen molar-refractivity contribution in [3.8, 4) is 0 Å². The largest absolute Gasteiger partial charge is 0.346 e. The number of carbonyl (C=O) groups excluding carboxylic acids is 5. The van der Waals surface area contributed by atoms with Gasteiger partial charge in [-0.15, -0.1) is 6.58 Å². The van der Waals surface area contributed by atoms with Crippen LogP contribution >= 0.6 is 0 Å². The van der Waals surface area contributed by atoms with Crippen LogP contribution in [-0.2, 0) is 29.0 Å². The average Bonchev–Trinajstić information content (AvgIpc) is 3.58. The van der Waals surface area contributed by atoms with Crippen LogP contribution in [0.5, 0.6) is 0 Å². The predicted octanol–water partition coefficient (Wildman–Crippen LogP) is 3.25. The first-order valence-electron chi connectivity index (χ1n) is 17.3. The number of Topliss-reactive ketones (excluding diaryl/α,β-unsaturated/α-hetero) is 1. The van der Waals surface area contributed by atoms with Gasteiger partial charge in [0.2, 0.25) is 24.0 Å². The van der Waals surface area contributed by atoms with E-state index in [1.807, 2.05) is 0 Å². The lowest BCUT2D eigenvalue weighted by Gasteiger charge is -2.41. The number of likely N-dealkylation sites (tertiary alicyclic amines) is 1. The second kappa shape index (κ2) is 15.8. The van der Waals surface area contributed by atoms with Crippen LogP contribution in [-0.4, -0.2) is 96.5 Å². The highest BCUT2D eigenvalue weighted by molar-refractivity contribution is 7.92. The quantitative estimate of drug-likeness (QED) is 0.168. The standard InChI is InChI=1S/C34H55F2N5O7S/c1-8-17-37-29(44)26(42)23(18-24(35)36)38-28(43)25-22-14-12-13-21(22)19-41(25)30(45)27(32(2,3)4)39-31(46)40-34(15-10-9-11-16-34)20-49(47,48)33(5,6)7/h8,21-25,27H,1,9-20H2,2-7H3,(H,37,44)(H,38,43)(H2,39,40,46)/t21-,22-,23-,25-,27+/m0/s1. The molecule has 0 unspecified atom stereocenters. The van der Waals surface area contributed by atoms with Gasteiger partial charge in [-0.25, -0.2) is 22.0 Å². The first-order valence-corrected chi connectivity index (χ1v) is 18.9. The lowest BCUT2D eigenvalue weighted by Crippen LogP contribution is -2.64. The molecule has 12 nitrogen and oxygen atoms in total. The van der Waals surface area contributed by atoms with Gasteiger partial charge in [0.1, 0.15) is 18.1 Å². The van der Waals surface area contributed by atoms with Crippen molar-refractivity contribution in [2.24, 2.45) is 17.3 Å². The number of rotatable bonds is 13. The van der Waals surface area contributed by atoms with Crippen LogP contribution in [0.25, 0.3) is 0 Å². The number of amides is 5. The third-order valence-corrected chi connectivity index (χ3v) is 12.9. The molecule has 5 amide bonds. The maximum absolute atomic E-state index is 14.4. The minimum absolute atomic E-state index is 0.0533. The van der Waals surface area contributed by atoms with Gasteiger partial charge >= 0.3 is 6.03 Å². The summed E-state index contributed by atoms with van der Waals surface area (Å²) in [6, 6.07) is -4.77. The summed E-state index contributed by atoms with van der Waals surface area (Å²) in [6.07, 6.45) is 2.68. The zero-order valence-electron chi connectivity index (χ0n) is 29.7. The van der Waals surface area contributed by atoms with Crippen molar-refractivity contribution < 1.29 is 41.2 Å². The van der Waals surface area contributed by atoms with Crippen LogP contribution in [0.2, 0.25) is 0 Å². The van der Waals surface area contributed by atoms with Crippen molar-refractivity contribution in [1.29, 1.82) is 0 Å². The normalized spacial score (nSPS) is 23.6. The van der Waals surface area contributed by atoms with E-state index in [2.05, 4.69) is 27.8 Å². The fourth-order valence-corrected chi connectivity index (χ4v) is 8.80. The summed E-state index contributed by atoms with van der Waals surface area (Å²) in [5.74, 6) is -4.34. The minimum atomic E-state index is -3.61. The molecule has 3 aliphatic rings. The second-order valence-electron chi connectivity index (χ2n) is 16.0. The number of urea groups is 1. The zero-order chi connectivity index (χ0) is 36.9. The Hall–Kier alpha value is -3.10. The molecule has 0 aromatic heterocycles. The Morgan fingerprint density at radius 2 is 1.59 bits per heavy atom. The molecule has 49 heavy (non-hydrogen) atoms. The van der Waals surface area contributed by atoms with Crippen molar-refractivity contribution in [3.63, 3.8) is 0 Å². The highest BCUT2D eigenvalue weighted by Crippen LogP contribution is 2.43. The average molecular weight is 716 g/mol. The van der Waals surface area contributed by atoms with E-state index in [-0.39, 0.29) is 30.7 Å². The van der Waals surface area contributed by atoms with E-state index in [0.29, 0.717) is 19.3 Å². The number of carbonyl (C=O) groups is 5. The van der Waals surface area contributed by atoms with E-state index in [9.17, 15) is 41.2 Å². The lowest BCUT2D eigenvalue weighted by molar-refractivity contribution is -0.145. The maximum atomic E-state index is 14.4. The van der Waals surface area contributed by atoms with Crippen LogP contribution in [0.3, 0.4) is 0 Å². The fraction of sp³-hybridized carbons (Fsp3) is 0.794. The summed E-state index contributed by atoms with van der Waals surface area (Å²) in [7, 11) is -3.61. The SMILES string of the molecule is C=CCNC(=O)C(=O)[C@H](CC(F)F)NC(=O)[C@@H]1[C@H]2CCC[C@H]2CN1C(=O)[C@@H](NC(=O)NC1(CS(=O)(=O)C(C)(C)C)CCCCC1)C(C)(C)C. The van der Waals surface area contributed by atoms with Gasteiger partial charge in [-0.2, -0.15) is 0 Å². The van der Waals surface area contributed by atoms with Crippen molar-refractivity contribution in [2.75, 3.05) is 18.8 Å². The summed E-state index contributed by atoms with van der Waals surface area (Å²) in [5.41, 5.74) is -1.88. The Morgan fingerprint density at radius 1 is 0.959 bits per heavy atom. The number of nitrogens with one attached hydrogen (secondary N) is 4. The second-order valence-corrected chi connectivity index (χ2v) is 18.7. The van der Waals surface area contributed by atoms with Gasteiger partial charge in [-0.1, -0.05) is 52.5 Å². The molecule has 15 heteroatoms. The van der Waals surface area contributed by atoms with E-state index < -0.39 is 86.0 Å². The van der Waals surface area contributed by atoms with Crippen LogP contribution in [0.4, 0.5) is 13.6 Å². The number of hydrogen-bond donors (Lipinski definition) is 4. The third kappa shape index (κ3) is 10.0. The summed E-state index contributed by atoms with van der Waals surface area (Å²) in [4.78, 5) is 68.4. The molecule has 1 heterocycles. The smallest absolute Gasteiger partial charge is 0.315 e. The van der Waals surface area contributed by atoms with Gasteiger partial charge in [0.05, 0.1) is 16.0 Å². The Bertz CT molecular complexity index is 1370. The molecular formula is C34H55F2N5O7S. The zero-order valence-corrected chi connectivity index (χ0v) is 30.5. The van der Waals surface area contributed by atoms with Gasteiger partial charge < -0.3 is 26.2 Å². The number of alkyl halides is 2. The Morgan fingerprint density at radius 3 is 2.14 bits per heavy atom. The number of nitrogens with zero attached hydrogens (tertiary/aromatic N) is 1. The molecule has 5 atom stereocenters. The summed E-state index contributed by atoms with van der Waals surface area (Å²) < 4.78 is 52.5. The van der Waals surface area contributed by atoms with Gasteiger partial charge in [0.25, 0.3) is 5.91 Å². The summed E-state index contributed by atoms with van der Waals surface area (Å²) in [5, 5.41) is 10.3. The molecule has 2 saturated carbocycles. The number of halogens is 2. The van der Waals surface area contributed by atoms with E-state index in [1.165, 1.54) is 11.0 Å². The van der Waals surface area contributed by atoms with Crippen molar-refractivity contribution in [1.82, 2.24) is 26.2 Å². The molecule has 1 saturated heterocycles. The number of sulfone groups is 1. The number of ketones is 1. The lowest BCUT2D eigenvalue weighted by atomic mass is 9.83. The summed E-state index contributed by atoms with van der Waals surface area (Å²) in [6.45, 7) is 13.7. The number of hydrogen-bond acceptors (Lipinski definition) is 7. The minimum Gasteiger partial charge on any atom is -0.346 e. The molecule has 2 aliphatic carbocycles. The van der Waals surface area contributed by atoms with Crippen molar-refractivity contribution in [2.45, 2.75) is 134 Å². The van der Waals surface area contributed by atoms with E-state index in [4.69, 9.17) is 0 Å². The van der Waals surface area contributed by atoms with Gasteiger partial charge in [-0.05, 0) is 63.7 Å². The van der Waals surface area contributed by atoms with Crippen molar-refractivity contribution in [3.05, 3.63) is 12.7 Å². The Kier molecular flexibility index (Phi) is 13.0. The molecule has 4 N–H and O–H groups in total. The van der Waals surface area contributed by atoms with Crippen LogP contribution in [0.1, 0.15) is 99.3 Å². The molecule has 278 valence electrons. The monoisotopic (exact) mass is 715 g/mol. The van der Waals surface area contributed by atoms with Gasteiger partial charge in [-0.3, -0.25) is 19.2 Å². The first kappa shape index (κ1) is 40.3. The molecule has 0 spiro atoms. The van der Waals surface area contributed by atoms with E-state index in [0.717, 1.165) is 32.1 Å². The van der Waals surface area contributed by atoms with E-state index in [1.54, 1.807) is 41.5 Å². The van der Waals surface area contributed by atoms with Crippen molar-refractivity contribution >= 4 is 39.4 Å². The number of fused-ring (bicyclic) bond motifs is 1. The Balaban J connectivity index is 1.87. The highest BCUT2D eigenvalue weighted by atomic mass is 32.2. The predicted molar refractivity (Wildman–Crippen MR) is 181 cm³/mol. The maximum Gasteiger partial charge on any atom is 0.315 e. The highest BCUT2D eigenvalue weighted by Gasteiger charge is 2.52. The van der Waals surface area contributed by atoms with Crippen LogP contribution in [0, 0.1) is 17.3 Å². The molecule has 0 aromatic rings. The molecule has 0 radical (unpaired) electrons. The molecule has 0 aromatic carbocycles. The molecule has 0 bridgehead atoms. The van der Waals surface area contributed by atoms with Gasteiger partial charge in [0, 0.05) is 19.5 Å². The van der Waals surface area contributed by atoms with E-state index >= 15 is 0 Å². The van der Waals surface area contributed by atoms with Crippen LogP contribution < -0.4 is 21.3 Å². The van der Waals surface area contributed by atoms with Crippen LogP contribution in [0.15, 0.2) is 12.7 Å². The molecule has 3 fully saturated rings. The first-order chi connectivity index (χ1) is 22.6. The Labute approximate surface area is 289 Å². The third-order valence-electron chi connectivity index (χ3n) is 10.1.